The van der Waals surface area contributed by atoms with Crippen LogP contribution in [-0.4, -0.2) is 25.2 Å². The van der Waals surface area contributed by atoms with Crippen LogP contribution in [0.3, 0.4) is 0 Å². The molecule has 0 atom stereocenters. The topological polar surface area (TPSA) is 71.1 Å². The molecule has 6 nitrogen and oxygen atoms in total. The van der Waals surface area contributed by atoms with E-state index in [4.69, 9.17) is 19.2 Å². The molecule has 0 aromatic heterocycles. The van der Waals surface area contributed by atoms with Crippen molar-refractivity contribution in [1.29, 1.82) is 0 Å². The van der Waals surface area contributed by atoms with Gasteiger partial charge in [0.1, 0.15) is 0 Å². The van der Waals surface area contributed by atoms with E-state index in [0.717, 1.165) is 70.6 Å². The molecule has 2 rings (SSSR count). The van der Waals surface area contributed by atoms with Gasteiger partial charge >= 0.3 is 11.9 Å². The molecule has 0 heterocycles. The number of hydrogen-bond acceptors (Lipinski definition) is 6. The predicted octanol–water partition coefficient (Wildman–Crippen LogP) is 21.7. The Morgan fingerprint density at radius 3 is 0.711 bits per heavy atom. The van der Waals surface area contributed by atoms with Crippen LogP contribution >= 0.6 is 0 Å². The van der Waals surface area contributed by atoms with E-state index in [1.165, 1.54) is 180 Å². The Morgan fingerprint density at radius 1 is 0.316 bits per heavy atom. The lowest BCUT2D eigenvalue weighted by molar-refractivity contribution is -0.144. The summed E-state index contributed by atoms with van der Waals surface area (Å²) in [7, 11) is 0. The van der Waals surface area contributed by atoms with Crippen molar-refractivity contribution in [2.75, 3.05) is 13.2 Å². The molecule has 76 heavy (non-hydrogen) atoms. The van der Waals surface area contributed by atoms with Gasteiger partial charge in [-0.05, 0) is 58.5 Å². The average Bonchev–Trinajstić information content (AvgIpc) is 3.35. The highest BCUT2D eigenvalue weighted by atomic mass is 17.2. The molecular weight excluding hydrogens is 937 g/mol. The summed E-state index contributed by atoms with van der Waals surface area (Å²) in [5.74, 6) is 1.19. The Bertz CT molecular complexity index is 1630. The molecule has 0 bridgehead atoms. The van der Waals surface area contributed by atoms with Gasteiger partial charge in [0.25, 0.3) is 0 Å². The number of carbonyl (C=O) groups excluding carboxylic acids is 2. The van der Waals surface area contributed by atoms with Gasteiger partial charge in [-0.25, -0.2) is 0 Å². The quantitative estimate of drug-likeness (QED) is 0.0285. The molecule has 0 N–H and O–H groups in total. The maximum absolute atomic E-state index is 13.0. The van der Waals surface area contributed by atoms with Gasteiger partial charge in [-0.3, -0.25) is 19.4 Å². The highest BCUT2D eigenvalue weighted by molar-refractivity contribution is 5.70. The molecule has 0 fully saturated rings. The molecule has 438 valence electrons. The maximum Gasteiger partial charge on any atom is 0.306 e. The van der Waals surface area contributed by atoms with Crippen molar-refractivity contribution < 1.29 is 28.8 Å². The molecule has 0 aliphatic rings. The molecule has 0 radical (unpaired) electrons. The Kier molecular flexibility index (Phi) is 35.1. The van der Waals surface area contributed by atoms with Gasteiger partial charge in [-0.2, -0.15) is 0 Å². The summed E-state index contributed by atoms with van der Waals surface area (Å²) >= 11 is 0. The summed E-state index contributed by atoms with van der Waals surface area (Å²) in [6.07, 6.45) is 44.3. The number of esters is 2. The molecule has 0 aliphatic carbocycles. The fourth-order valence-corrected chi connectivity index (χ4v) is 10.5. The zero-order valence-electron chi connectivity index (χ0n) is 52.6. The van der Waals surface area contributed by atoms with E-state index in [1.807, 2.05) is 0 Å². The molecule has 2 aromatic carbocycles. The molecule has 6 heteroatoms. The Morgan fingerprint density at radius 2 is 0.513 bits per heavy atom. The first-order valence-corrected chi connectivity index (χ1v) is 32.1. The van der Waals surface area contributed by atoms with Crippen molar-refractivity contribution >= 4 is 11.9 Å². The minimum atomic E-state index is -0.271. The summed E-state index contributed by atoms with van der Waals surface area (Å²) in [4.78, 5) is 39.5. The number of ether oxygens (including phenoxy) is 2. The van der Waals surface area contributed by atoms with Crippen molar-refractivity contribution in [2.45, 2.75) is 350 Å². The summed E-state index contributed by atoms with van der Waals surface area (Å²) in [5.41, 5.74) is 5.28. The summed E-state index contributed by atoms with van der Waals surface area (Å²) in [6.45, 7) is 32.1. The van der Waals surface area contributed by atoms with Crippen LogP contribution in [0.2, 0.25) is 0 Å². The van der Waals surface area contributed by atoms with Crippen LogP contribution in [-0.2, 0) is 53.6 Å². The lowest BCUT2D eigenvalue weighted by atomic mass is 9.78. The Hall–Kier alpha value is -3.02. The molecular formula is C70H122O6. The molecule has 0 spiro atoms. The van der Waals surface area contributed by atoms with E-state index in [1.54, 1.807) is 0 Å². The molecule has 0 amide bonds. The Balaban J connectivity index is 1.95. The highest BCUT2D eigenvalue weighted by Crippen LogP contribution is 2.45. The normalized spacial score (nSPS) is 12.3. The first kappa shape index (κ1) is 69.1. The minimum absolute atomic E-state index is 0.130. The van der Waals surface area contributed by atoms with Crippen LogP contribution in [0.4, 0.5) is 0 Å². The van der Waals surface area contributed by atoms with E-state index in [0.29, 0.717) is 38.9 Å². The van der Waals surface area contributed by atoms with Gasteiger partial charge in [-0.15, -0.1) is 0 Å². The number of rotatable bonds is 43. The van der Waals surface area contributed by atoms with E-state index in [2.05, 4.69) is 121 Å². The Labute approximate surface area is 470 Å². The van der Waals surface area contributed by atoms with Crippen molar-refractivity contribution in [3.63, 3.8) is 0 Å². The lowest BCUT2D eigenvalue weighted by Crippen LogP contribution is -2.24. The first-order chi connectivity index (χ1) is 36.1. The van der Waals surface area contributed by atoms with Crippen LogP contribution in [0.15, 0.2) is 24.3 Å². The fourth-order valence-electron chi connectivity index (χ4n) is 10.5. The molecule has 0 saturated carbocycles. The van der Waals surface area contributed by atoms with E-state index >= 15 is 0 Å². The van der Waals surface area contributed by atoms with Crippen LogP contribution < -0.4 is 9.78 Å². The molecule has 0 aliphatic heterocycles. The summed E-state index contributed by atoms with van der Waals surface area (Å²) < 4.78 is 11.5. The SMILES string of the molecule is CCCCCCCCCCCCCCCCCCOC(=O)CCc1cc(C(C)(C)C)c(OOc2c(C(C)(C)C)cc(CCC(=O)OCCCCCCCCCCCCCCCCCC)cc2C(C)(C)C)c(C(C)(C)C)c1. The van der Waals surface area contributed by atoms with E-state index in [-0.39, 0.29) is 33.6 Å². The van der Waals surface area contributed by atoms with Crippen LogP contribution in [0.1, 0.15) is 349 Å². The third-order valence-corrected chi connectivity index (χ3v) is 15.5. The van der Waals surface area contributed by atoms with Crippen molar-refractivity contribution in [1.82, 2.24) is 0 Å². The number of hydrogen-bond donors (Lipinski definition) is 0. The van der Waals surface area contributed by atoms with Gasteiger partial charge in [0.15, 0.2) is 11.5 Å². The first-order valence-electron chi connectivity index (χ1n) is 32.1. The number of carbonyl (C=O) groups is 2. The fraction of sp³-hybridized carbons (Fsp3) is 0.800. The predicted molar refractivity (Wildman–Crippen MR) is 327 cm³/mol. The zero-order valence-corrected chi connectivity index (χ0v) is 52.6. The third kappa shape index (κ3) is 30.9. The molecule has 0 saturated heterocycles. The smallest absolute Gasteiger partial charge is 0.306 e. The van der Waals surface area contributed by atoms with Gasteiger partial charge in [0.2, 0.25) is 0 Å². The summed E-state index contributed by atoms with van der Waals surface area (Å²) in [6, 6.07) is 8.81. The third-order valence-electron chi connectivity index (χ3n) is 15.5. The van der Waals surface area contributed by atoms with Crippen molar-refractivity contribution in [2.24, 2.45) is 0 Å². The molecule has 0 unspecified atom stereocenters. The maximum atomic E-state index is 13.0. The van der Waals surface area contributed by atoms with Crippen molar-refractivity contribution in [3.05, 3.63) is 57.6 Å². The second-order valence-corrected chi connectivity index (χ2v) is 27.3. The standard InChI is InChI=1S/C70H122O6/c1-15-17-19-21-23-25-27-29-31-33-35-37-39-41-43-45-51-73-63(71)49-47-57-53-59(67(3,4)5)65(60(54-57)68(6,7)8)75-76-66-61(69(9,10)11)55-58(56-62(66)70(12,13)14)48-50-64(72)74-52-46-44-42-40-38-36-34-32-30-28-26-24-22-20-18-16-2/h53-56H,15-52H2,1-14H3. The second-order valence-electron chi connectivity index (χ2n) is 27.3. The average molecular weight is 1060 g/mol. The number of aryl methyl sites for hydroxylation is 2. The van der Waals surface area contributed by atoms with Crippen molar-refractivity contribution in [3.8, 4) is 11.5 Å². The van der Waals surface area contributed by atoms with Gasteiger partial charge < -0.3 is 9.47 Å². The van der Waals surface area contributed by atoms with Crippen LogP contribution in [0.25, 0.3) is 0 Å². The highest BCUT2D eigenvalue weighted by Gasteiger charge is 2.33. The van der Waals surface area contributed by atoms with Gasteiger partial charge in [0, 0.05) is 35.1 Å². The number of benzene rings is 2. The second kappa shape index (κ2) is 38.6. The summed E-state index contributed by atoms with van der Waals surface area (Å²) in [5, 5.41) is 0. The monoisotopic (exact) mass is 1060 g/mol. The zero-order chi connectivity index (χ0) is 56.3. The molecule has 2 aromatic rings. The largest absolute Gasteiger partial charge is 0.466 e. The van der Waals surface area contributed by atoms with Gasteiger partial charge in [-0.1, -0.05) is 314 Å². The van der Waals surface area contributed by atoms with Crippen LogP contribution in [0.5, 0.6) is 11.5 Å². The van der Waals surface area contributed by atoms with E-state index in [9.17, 15) is 9.59 Å². The lowest BCUT2D eigenvalue weighted by Gasteiger charge is -2.32. The van der Waals surface area contributed by atoms with E-state index < -0.39 is 0 Å². The van der Waals surface area contributed by atoms with Gasteiger partial charge in [0.05, 0.1) is 13.2 Å². The minimum Gasteiger partial charge on any atom is -0.466 e. The number of unbranched alkanes of at least 4 members (excludes halogenated alkanes) is 30. The van der Waals surface area contributed by atoms with Crippen LogP contribution in [0, 0.1) is 0 Å².